The number of halogens is 1. The van der Waals surface area contributed by atoms with Gasteiger partial charge in [0.2, 0.25) is 5.95 Å². The number of hydrogen-bond donors (Lipinski definition) is 1. The van der Waals surface area contributed by atoms with Crippen LogP contribution in [0.4, 0.5) is 5.95 Å². The van der Waals surface area contributed by atoms with Crippen LogP contribution >= 0.6 is 15.9 Å². The number of ether oxygens (including phenoxy) is 1. The van der Waals surface area contributed by atoms with E-state index in [2.05, 4.69) is 25.9 Å². The van der Waals surface area contributed by atoms with Crippen molar-refractivity contribution in [3.05, 3.63) is 16.4 Å². The summed E-state index contributed by atoms with van der Waals surface area (Å²) in [5, 5.41) is 9.05. The molecule has 1 N–H and O–H groups in total. The third kappa shape index (κ3) is 2.50. The zero-order chi connectivity index (χ0) is 11.5. The topological polar surface area (TPSA) is 58.5 Å². The standard InChI is InChI=1S/C10H14BrN3O2/c1-7-9(11)4-12-10(13-7)14-2-3-16-8(5-14)6-15/h4,8,15H,2-3,5-6H2,1H3/t8-/m1/s1. The molecule has 0 bridgehead atoms. The van der Waals surface area contributed by atoms with Gasteiger partial charge in [0.15, 0.2) is 0 Å². The summed E-state index contributed by atoms with van der Waals surface area (Å²) in [5.41, 5.74) is 0.914. The van der Waals surface area contributed by atoms with Crippen molar-refractivity contribution in [2.45, 2.75) is 13.0 Å². The van der Waals surface area contributed by atoms with E-state index >= 15 is 0 Å². The lowest BCUT2D eigenvalue weighted by molar-refractivity contribution is 0.00313. The summed E-state index contributed by atoms with van der Waals surface area (Å²) >= 11 is 3.37. The summed E-state index contributed by atoms with van der Waals surface area (Å²) < 4.78 is 6.28. The molecule has 88 valence electrons. The van der Waals surface area contributed by atoms with Gasteiger partial charge in [0.25, 0.3) is 0 Å². The first kappa shape index (κ1) is 11.8. The average Bonchev–Trinajstić information content (AvgIpc) is 2.33. The van der Waals surface area contributed by atoms with Crippen LogP contribution in [-0.2, 0) is 4.74 Å². The molecule has 1 atom stereocenters. The third-order valence-corrected chi connectivity index (χ3v) is 3.31. The molecular weight excluding hydrogens is 274 g/mol. The summed E-state index contributed by atoms with van der Waals surface area (Å²) in [6.45, 7) is 3.96. The second kappa shape index (κ2) is 5.07. The Hall–Kier alpha value is -0.720. The van der Waals surface area contributed by atoms with Gasteiger partial charge < -0.3 is 14.7 Å². The van der Waals surface area contributed by atoms with E-state index in [1.54, 1.807) is 6.20 Å². The molecule has 0 aromatic carbocycles. The SMILES string of the molecule is Cc1nc(N2CCO[C@@H](CO)C2)ncc1Br. The molecule has 1 fully saturated rings. The smallest absolute Gasteiger partial charge is 0.225 e. The van der Waals surface area contributed by atoms with Crippen molar-refractivity contribution >= 4 is 21.9 Å². The highest BCUT2D eigenvalue weighted by molar-refractivity contribution is 9.10. The summed E-state index contributed by atoms with van der Waals surface area (Å²) in [4.78, 5) is 10.7. The molecule has 5 nitrogen and oxygen atoms in total. The number of hydrogen-bond acceptors (Lipinski definition) is 5. The molecule has 6 heteroatoms. The van der Waals surface area contributed by atoms with Crippen LogP contribution in [0.25, 0.3) is 0 Å². The summed E-state index contributed by atoms with van der Waals surface area (Å²) in [6, 6.07) is 0. The normalized spacial score (nSPS) is 21.2. The van der Waals surface area contributed by atoms with E-state index in [1.165, 1.54) is 0 Å². The summed E-state index contributed by atoms with van der Waals surface area (Å²) in [5.74, 6) is 0.697. The first-order chi connectivity index (χ1) is 7.70. The number of aromatic nitrogens is 2. The molecule has 0 aliphatic carbocycles. The van der Waals surface area contributed by atoms with Crippen LogP contribution in [-0.4, -0.2) is 47.5 Å². The molecule has 0 unspecified atom stereocenters. The molecule has 1 aliphatic heterocycles. The van der Waals surface area contributed by atoms with Crippen molar-refractivity contribution in [3.63, 3.8) is 0 Å². The van der Waals surface area contributed by atoms with Crippen molar-refractivity contribution in [1.29, 1.82) is 0 Å². The Morgan fingerprint density at radius 1 is 1.69 bits per heavy atom. The Labute approximate surface area is 103 Å². The van der Waals surface area contributed by atoms with Crippen molar-refractivity contribution < 1.29 is 9.84 Å². The Bertz CT molecular complexity index is 375. The Morgan fingerprint density at radius 2 is 2.50 bits per heavy atom. The second-order valence-electron chi connectivity index (χ2n) is 3.72. The molecule has 0 spiro atoms. The molecule has 2 rings (SSSR count). The molecule has 2 heterocycles. The van der Waals surface area contributed by atoms with Gasteiger partial charge in [0, 0.05) is 19.3 Å². The van der Waals surface area contributed by atoms with Gasteiger partial charge in [-0.15, -0.1) is 0 Å². The average molecular weight is 288 g/mol. The minimum atomic E-state index is -0.138. The number of nitrogens with zero attached hydrogens (tertiary/aromatic N) is 3. The van der Waals surface area contributed by atoms with Crippen LogP contribution in [0.2, 0.25) is 0 Å². The third-order valence-electron chi connectivity index (χ3n) is 2.53. The molecule has 0 saturated carbocycles. The van der Waals surface area contributed by atoms with E-state index in [0.717, 1.165) is 16.7 Å². The highest BCUT2D eigenvalue weighted by Crippen LogP contribution is 2.17. The van der Waals surface area contributed by atoms with E-state index in [9.17, 15) is 0 Å². The predicted molar refractivity (Wildman–Crippen MR) is 63.5 cm³/mol. The molecule has 1 aromatic heterocycles. The molecule has 0 amide bonds. The van der Waals surface area contributed by atoms with Crippen LogP contribution in [0.15, 0.2) is 10.7 Å². The fourth-order valence-corrected chi connectivity index (χ4v) is 1.79. The minimum Gasteiger partial charge on any atom is -0.394 e. The fourth-order valence-electron chi connectivity index (χ4n) is 1.60. The largest absolute Gasteiger partial charge is 0.394 e. The number of aryl methyl sites for hydroxylation is 1. The number of aliphatic hydroxyl groups excluding tert-OH is 1. The summed E-state index contributed by atoms with van der Waals surface area (Å²) in [7, 11) is 0. The monoisotopic (exact) mass is 287 g/mol. The van der Waals surface area contributed by atoms with Crippen molar-refractivity contribution in [2.24, 2.45) is 0 Å². The quantitative estimate of drug-likeness (QED) is 0.870. The van der Waals surface area contributed by atoms with Gasteiger partial charge in [-0.3, -0.25) is 0 Å². The zero-order valence-electron chi connectivity index (χ0n) is 9.06. The van der Waals surface area contributed by atoms with Gasteiger partial charge in [-0.2, -0.15) is 0 Å². The molecule has 0 radical (unpaired) electrons. The lowest BCUT2D eigenvalue weighted by Gasteiger charge is -2.32. The van der Waals surface area contributed by atoms with Crippen molar-refractivity contribution in [1.82, 2.24) is 9.97 Å². The minimum absolute atomic E-state index is 0.0337. The van der Waals surface area contributed by atoms with Gasteiger partial charge in [-0.1, -0.05) is 0 Å². The van der Waals surface area contributed by atoms with Crippen LogP contribution in [0.3, 0.4) is 0 Å². The van der Waals surface area contributed by atoms with Crippen LogP contribution in [0.1, 0.15) is 5.69 Å². The summed E-state index contributed by atoms with van der Waals surface area (Å²) in [6.07, 6.45) is 1.61. The number of aliphatic hydroxyl groups is 1. The number of anilines is 1. The Balaban J connectivity index is 2.13. The zero-order valence-corrected chi connectivity index (χ0v) is 10.6. The van der Waals surface area contributed by atoms with E-state index in [1.807, 2.05) is 11.8 Å². The van der Waals surface area contributed by atoms with Gasteiger partial charge in [-0.05, 0) is 22.9 Å². The Kier molecular flexibility index (Phi) is 3.73. The van der Waals surface area contributed by atoms with Gasteiger partial charge in [-0.25, -0.2) is 9.97 Å². The second-order valence-corrected chi connectivity index (χ2v) is 4.58. The molecule has 1 saturated heterocycles. The van der Waals surface area contributed by atoms with Crippen molar-refractivity contribution in [3.8, 4) is 0 Å². The van der Waals surface area contributed by atoms with Gasteiger partial charge in [0.1, 0.15) is 0 Å². The highest BCUT2D eigenvalue weighted by atomic mass is 79.9. The lowest BCUT2D eigenvalue weighted by Crippen LogP contribution is -2.44. The van der Waals surface area contributed by atoms with Crippen molar-refractivity contribution in [2.75, 3.05) is 31.2 Å². The number of rotatable bonds is 2. The van der Waals surface area contributed by atoms with E-state index < -0.39 is 0 Å². The highest BCUT2D eigenvalue weighted by Gasteiger charge is 2.21. The van der Waals surface area contributed by atoms with E-state index in [4.69, 9.17) is 9.84 Å². The van der Waals surface area contributed by atoms with Crippen LogP contribution < -0.4 is 4.90 Å². The Morgan fingerprint density at radius 3 is 3.19 bits per heavy atom. The molecular formula is C10H14BrN3O2. The van der Waals surface area contributed by atoms with Gasteiger partial charge >= 0.3 is 0 Å². The first-order valence-corrected chi connectivity index (χ1v) is 5.96. The van der Waals surface area contributed by atoms with Crippen LogP contribution in [0, 0.1) is 6.92 Å². The molecule has 1 aliphatic rings. The fraction of sp³-hybridized carbons (Fsp3) is 0.600. The first-order valence-electron chi connectivity index (χ1n) is 5.17. The van der Waals surface area contributed by atoms with Gasteiger partial charge in [0.05, 0.1) is 29.5 Å². The predicted octanol–water partition coefficient (Wildman–Crippen LogP) is 0.745. The molecule has 16 heavy (non-hydrogen) atoms. The van der Waals surface area contributed by atoms with E-state index in [-0.39, 0.29) is 12.7 Å². The van der Waals surface area contributed by atoms with Crippen LogP contribution in [0.5, 0.6) is 0 Å². The maximum Gasteiger partial charge on any atom is 0.225 e. The number of morpholine rings is 1. The van der Waals surface area contributed by atoms with E-state index in [0.29, 0.717) is 19.1 Å². The molecule has 1 aromatic rings. The lowest BCUT2D eigenvalue weighted by atomic mass is 10.3. The maximum atomic E-state index is 9.05. The maximum absolute atomic E-state index is 9.05.